The van der Waals surface area contributed by atoms with Crippen LogP contribution in [-0.2, 0) is 19.0 Å². The molecular weight excluding hydrogens is 281 g/mol. The van der Waals surface area contributed by atoms with Crippen molar-refractivity contribution >= 4 is 0 Å². The molecule has 0 saturated heterocycles. The number of benzene rings is 1. The normalized spacial score (nSPS) is 14.8. The first kappa shape index (κ1) is 13.9. The van der Waals surface area contributed by atoms with Crippen LogP contribution in [0.2, 0.25) is 0 Å². The Morgan fingerprint density at radius 1 is 1.14 bits per heavy atom. The van der Waals surface area contributed by atoms with Crippen LogP contribution >= 0.6 is 0 Å². The number of nitrogens with zero attached hydrogens (tertiary/aromatic N) is 1. The van der Waals surface area contributed by atoms with Gasteiger partial charge in [-0.1, -0.05) is 12.1 Å². The topological polar surface area (TPSA) is 45.8 Å². The molecule has 0 aliphatic heterocycles. The summed E-state index contributed by atoms with van der Waals surface area (Å²) in [6, 6.07) is 4.84. The highest BCUT2D eigenvalue weighted by atomic mass is 19.4. The van der Waals surface area contributed by atoms with E-state index in [0.29, 0.717) is 24.1 Å². The molecule has 0 bridgehead atoms. The van der Waals surface area contributed by atoms with E-state index in [1.807, 2.05) is 0 Å². The minimum atomic E-state index is -4.41. The molecule has 1 aromatic heterocycles. The third-order valence-electron chi connectivity index (χ3n) is 3.65. The first-order valence-corrected chi connectivity index (χ1v) is 6.75. The van der Waals surface area contributed by atoms with Crippen molar-refractivity contribution in [2.24, 2.45) is 0 Å². The summed E-state index contributed by atoms with van der Waals surface area (Å²) in [4.78, 5) is 19.0. The summed E-state index contributed by atoms with van der Waals surface area (Å²) in [6.45, 7) is 0. The number of fused-ring (bicyclic) bond motifs is 1. The maximum atomic E-state index is 12.7. The number of halogens is 3. The van der Waals surface area contributed by atoms with Crippen molar-refractivity contribution in [2.45, 2.75) is 31.9 Å². The van der Waals surface area contributed by atoms with Crippen LogP contribution in [0, 0.1) is 0 Å². The molecule has 3 rings (SSSR count). The second-order valence-electron chi connectivity index (χ2n) is 5.13. The summed E-state index contributed by atoms with van der Waals surface area (Å²) in [6.07, 6.45) is -1.14. The third-order valence-corrected chi connectivity index (χ3v) is 3.65. The molecule has 1 heterocycles. The van der Waals surface area contributed by atoms with Crippen LogP contribution in [0.4, 0.5) is 13.2 Å². The molecule has 0 amide bonds. The number of rotatable bonds is 1. The molecule has 6 heteroatoms. The number of H-pyrrole nitrogens is 1. The Labute approximate surface area is 118 Å². The summed E-state index contributed by atoms with van der Waals surface area (Å²) >= 11 is 0. The molecule has 2 aromatic rings. The number of hydrogen-bond acceptors (Lipinski definition) is 2. The lowest BCUT2D eigenvalue weighted by atomic mass is 9.97. The number of nitrogens with one attached hydrogen (secondary N) is 1. The Bertz CT molecular complexity index is 734. The number of aryl methyl sites for hydroxylation is 1. The van der Waals surface area contributed by atoms with E-state index in [1.165, 1.54) is 12.1 Å². The predicted molar refractivity (Wildman–Crippen MR) is 71.9 cm³/mol. The lowest BCUT2D eigenvalue weighted by Gasteiger charge is -2.15. The summed E-state index contributed by atoms with van der Waals surface area (Å²) < 4.78 is 38.2. The zero-order valence-corrected chi connectivity index (χ0v) is 11.1. The second kappa shape index (κ2) is 5.02. The maximum Gasteiger partial charge on any atom is 0.416 e. The molecule has 0 atom stereocenters. The first-order valence-electron chi connectivity index (χ1n) is 6.75. The van der Waals surface area contributed by atoms with Crippen molar-refractivity contribution in [1.29, 1.82) is 0 Å². The molecule has 1 aliphatic rings. The Morgan fingerprint density at radius 3 is 2.67 bits per heavy atom. The Kier molecular flexibility index (Phi) is 3.31. The molecule has 0 radical (unpaired) electrons. The van der Waals surface area contributed by atoms with E-state index in [0.717, 1.165) is 25.0 Å². The first-order chi connectivity index (χ1) is 9.95. The summed E-state index contributed by atoms with van der Waals surface area (Å²) in [5.74, 6) is 0.201. The molecule has 1 N–H and O–H groups in total. The van der Waals surface area contributed by atoms with Crippen molar-refractivity contribution in [2.75, 3.05) is 0 Å². The lowest BCUT2D eigenvalue weighted by molar-refractivity contribution is -0.137. The molecule has 110 valence electrons. The molecule has 21 heavy (non-hydrogen) atoms. The van der Waals surface area contributed by atoms with E-state index in [2.05, 4.69) is 9.97 Å². The standard InChI is InChI=1S/C15H13F3N2O/c16-15(17,18)10-5-3-4-9(8-10)13-19-12-7-2-1-6-11(12)14(21)20-13/h3-5,8H,1-2,6-7H2,(H,19,20,21). The van der Waals surface area contributed by atoms with Gasteiger partial charge in [0.2, 0.25) is 0 Å². The smallest absolute Gasteiger partial charge is 0.306 e. The number of aromatic amines is 1. The monoisotopic (exact) mass is 294 g/mol. The van der Waals surface area contributed by atoms with Gasteiger partial charge in [-0.25, -0.2) is 4.98 Å². The van der Waals surface area contributed by atoms with Crippen molar-refractivity contribution in [3.8, 4) is 11.4 Å². The van der Waals surface area contributed by atoms with Crippen LogP contribution in [-0.4, -0.2) is 9.97 Å². The number of alkyl halides is 3. The highest BCUT2D eigenvalue weighted by molar-refractivity contribution is 5.56. The zero-order valence-electron chi connectivity index (χ0n) is 11.1. The van der Waals surface area contributed by atoms with Crippen molar-refractivity contribution in [1.82, 2.24) is 9.97 Å². The highest BCUT2D eigenvalue weighted by Gasteiger charge is 2.30. The molecule has 0 spiro atoms. The van der Waals surface area contributed by atoms with Gasteiger partial charge in [0.25, 0.3) is 5.56 Å². The predicted octanol–water partition coefficient (Wildman–Crippen LogP) is 3.33. The number of aromatic nitrogens is 2. The largest absolute Gasteiger partial charge is 0.416 e. The van der Waals surface area contributed by atoms with Gasteiger partial charge in [0, 0.05) is 11.1 Å². The van der Waals surface area contributed by atoms with E-state index >= 15 is 0 Å². The van der Waals surface area contributed by atoms with Crippen molar-refractivity contribution < 1.29 is 13.2 Å². The van der Waals surface area contributed by atoms with Crippen molar-refractivity contribution in [3.05, 3.63) is 51.4 Å². The zero-order chi connectivity index (χ0) is 15.0. The molecular formula is C15H13F3N2O. The van der Waals surface area contributed by atoms with E-state index in [-0.39, 0.29) is 16.9 Å². The van der Waals surface area contributed by atoms with Gasteiger partial charge < -0.3 is 4.98 Å². The van der Waals surface area contributed by atoms with Crippen LogP contribution in [0.25, 0.3) is 11.4 Å². The molecule has 0 unspecified atom stereocenters. The van der Waals surface area contributed by atoms with Crippen LogP contribution in [0.15, 0.2) is 29.1 Å². The fourth-order valence-electron chi connectivity index (χ4n) is 2.58. The van der Waals surface area contributed by atoms with E-state index in [1.54, 1.807) is 0 Å². The SMILES string of the molecule is O=c1[nH]c(-c2cccc(C(F)(F)F)c2)nc2c1CCCC2. The molecule has 1 aliphatic carbocycles. The molecule has 1 aromatic carbocycles. The van der Waals surface area contributed by atoms with Crippen LogP contribution < -0.4 is 5.56 Å². The van der Waals surface area contributed by atoms with Gasteiger partial charge in [0.05, 0.1) is 11.3 Å². The van der Waals surface area contributed by atoms with Gasteiger partial charge in [0.1, 0.15) is 5.82 Å². The van der Waals surface area contributed by atoms with Gasteiger partial charge >= 0.3 is 6.18 Å². The van der Waals surface area contributed by atoms with Gasteiger partial charge in [-0.15, -0.1) is 0 Å². The Morgan fingerprint density at radius 2 is 1.90 bits per heavy atom. The molecule has 3 nitrogen and oxygen atoms in total. The van der Waals surface area contributed by atoms with Gasteiger partial charge in [0.15, 0.2) is 0 Å². The van der Waals surface area contributed by atoms with E-state index in [4.69, 9.17) is 0 Å². The fraction of sp³-hybridized carbons (Fsp3) is 0.333. The van der Waals surface area contributed by atoms with Gasteiger partial charge in [-0.3, -0.25) is 4.79 Å². The minimum absolute atomic E-state index is 0.201. The average Bonchev–Trinajstić information content (AvgIpc) is 2.46. The van der Waals surface area contributed by atoms with E-state index in [9.17, 15) is 18.0 Å². The highest BCUT2D eigenvalue weighted by Crippen LogP contribution is 2.31. The second-order valence-corrected chi connectivity index (χ2v) is 5.13. The third kappa shape index (κ3) is 2.70. The summed E-state index contributed by atoms with van der Waals surface area (Å²) in [5.41, 5.74) is 0.650. The van der Waals surface area contributed by atoms with Crippen LogP contribution in [0.3, 0.4) is 0 Å². The quantitative estimate of drug-likeness (QED) is 0.877. The summed E-state index contributed by atoms with van der Waals surface area (Å²) in [7, 11) is 0. The average molecular weight is 294 g/mol. The van der Waals surface area contributed by atoms with Gasteiger partial charge in [-0.05, 0) is 37.8 Å². The summed E-state index contributed by atoms with van der Waals surface area (Å²) in [5, 5.41) is 0. The lowest BCUT2D eigenvalue weighted by Crippen LogP contribution is -2.21. The van der Waals surface area contributed by atoms with Crippen molar-refractivity contribution in [3.63, 3.8) is 0 Å². The Hall–Kier alpha value is -2.11. The molecule has 0 saturated carbocycles. The maximum absolute atomic E-state index is 12.7. The number of hydrogen-bond donors (Lipinski definition) is 1. The molecule has 0 fully saturated rings. The minimum Gasteiger partial charge on any atom is -0.306 e. The Balaban J connectivity index is 2.09. The van der Waals surface area contributed by atoms with Gasteiger partial charge in [-0.2, -0.15) is 13.2 Å². The van der Waals surface area contributed by atoms with Crippen LogP contribution in [0.1, 0.15) is 29.7 Å². The van der Waals surface area contributed by atoms with E-state index < -0.39 is 11.7 Å². The fourth-order valence-corrected chi connectivity index (χ4v) is 2.58. The van der Waals surface area contributed by atoms with Crippen LogP contribution in [0.5, 0.6) is 0 Å².